The molecule has 0 amide bonds. The first kappa shape index (κ1) is 24.7. The second-order valence-corrected chi connectivity index (χ2v) is 12.5. The van der Waals surface area contributed by atoms with E-state index in [1.54, 1.807) is 0 Å². The maximum atomic E-state index is 13.9. The Balaban J connectivity index is 1.49. The molecule has 4 aliphatic carbocycles. The van der Waals surface area contributed by atoms with Gasteiger partial charge in [-0.15, -0.1) is 0 Å². The highest BCUT2D eigenvalue weighted by molar-refractivity contribution is 5.86. The Bertz CT molecular complexity index is 774. The van der Waals surface area contributed by atoms with Crippen LogP contribution in [0.3, 0.4) is 0 Å². The summed E-state index contributed by atoms with van der Waals surface area (Å²) in [6.07, 6.45) is 9.47. The Labute approximate surface area is 199 Å². The molecule has 5 heteroatoms. The van der Waals surface area contributed by atoms with Crippen molar-refractivity contribution >= 4 is 17.9 Å². The first-order chi connectivity index (χ1) is 15.6. The van der Waals surface area contributed by atoms with E-state index in [0.29, 0.717) is 23.5 Å². The van der Waals surface area contributed by atoms with Crippen LogP contribution in [-0.4, -0.2) is 24.5 Å². The van der Waals surface area contributed by atoms with Crippen molar-refractivity contribution in [2.45, 2.75) is 98.8 Å². The lowest BCUT2D eigenvalue weighted by Crippen LogP contribution is -2.59. The third kappa shape index (κ3) is 4.27. The van der Waals surface area contributed by atoms with Crippen LogP contribution in [0.15, 0.2) is 0 Å². The van der Waals surface area contributed by atoms with Gasteiger partial charge in [-0.3, -0.25) is 9.59 Å². The molecule has 0 aliphatic heterocycles. The lowest BCUT2D eigenvalue weighted by Gasteiger charge is -2.61. The molecular weight excluding hydrogens is 416 g/mol. The number of ketones is 1. The van der Waals surface area contributed by atoms with Crippen LogP contribution in [0.2, 0.25) is 0 Å². The first-order valence-corrected chi connectivity index (χ1v) is 13.5. The maximum Gasteiger partial charge on any atom is 0.516 e. The second-order valence-electron chi connectivity index (χ2n) is 12.5. The molecular formula is C28H44O5. The van der Waals surface area contributed by atoms with Gasteiger partial charge in [0.05, 0.1) is 6.61 Å². The van der Waals surface area contributed by atoms with Crippen LogP contribution >= 0.6 is 0 Å². The maximum absolute atomic E-state index is 13.9. The number of carbonyl (C=O) groups excluding carboxylic acids is 3. The zero-order chi connectivity index (χ0) is 24.0. The van der Waals surface area contributed by atoms with E-state index in [1.165, 1.54) is 25.7 Å². The van der Waals surface area contributed by atoms with Gasteiger partial charge in [-0.1, -0.05) is 47.5 Å². The summed E-state index contributed by atoms with van der Waals surface area (Å²) in [5.74, 6) is 2.15. The third-order valence-corrected chi connectivity index (χ3v) is 10.4. The number of Topliss-reactive ketones (excluding diaryl/α,β-unsaturated/α-hetero) is 1. The average molecular weight is 461 g/mol. The normalized spacial score (nSPS) is 42.3. The van der Waals surface area contributed by atoms with Crippen LogP contribution in [0.5, 0.6) is 0 Å². The van der Waals surface area contributed by atoms with Gasteiger partial charge in [0.2, 0.25) is 0 Å². The number of ether oxygens (including phenoxy) is 2. The first-order valence-electron chi connectivity index (χ1n) is 13.5. The Morgan fingerprint density at radius 3 is 2.39 bits per heavy atom. The summed E-state index contributed by atoms with van der Waals surface area (Å²) < 4.78 is 9.98. The van der Waals surface area contributed by atoms with Gasteiger partial charge >= 0.3 is 12.1 Å². The molecule has 0 heterocycles. The van der Waals surface area contributed by atoms with Gasteiger partial charge in [0, 0.05) is 18.3 Å². The molecule has 0 aromatic rings. The Morgan fingerprint density at radius 1 is 0.970 bits per heavy atom. The quantitative estimate of drug-likeness (QED) is 0.342. The number of rotatable bonds is 5. The predicted octanol–water partition coefficient (Wildman–Crippen LogP) is 6.58. The fraction of sp³-hybridized carbons (Fsp3) is 0.893. The fourth-order valence-corrected chi connectivity index (χ4v) is 8.76. The number of carbonyl (C=O) groups is 3. The van der Waals surface area contributed by atoms with Crippen molar-refractivity contribution in [3.05, 3.63) is 0 Å². The number of esters is 1. The molecule has 0 aromatic heterocycles. The van der Waals surface area contributed by atoms with Crippen LogP contribution in [0.25, 0.3) is 0 Å². The lowest BCUT2D eigenvalue weighted by atomic mass is 9.42. The highest BCUT2D eigenvalue weighted by Gasteiger charge is 2.64. The molecule has 5 nitrogen and oxygen atoms in total. The molecule has 0 radical (unpaired) electrons. The summed E-state index contributed by atoms with van der Waals surface area (Å²) in [5.41, 5.74) is 0.254. The summed E-state index contributed by atoms with van der Waals surface area (Å²) in [6, 6.07) is 0. The molecule has 0 bridgehead atoms. The molecule has 8 atom stereocenters. The molecule has 4 aliphatic rings. The van der Waals surface area contributed by atoms with Crippen LogP contribution in [0, 0.1) is 52.3 Å². The van der Waals surface area contributed by atoms with Crippen molar-refractivity contribution in [3.8, 4) is 0 Å². The number of hydrogen-bond acceptors (Lipinski definition) is 5. The van der Waals surface area contributed by atoms with Crippen LogP contribution in [0.4, 0.5) is 4.79 Å². The standard InChI is InChI=1S/C28H44O5/c1-6-19-20-9-7-8-13-28(20,5)22-12-14-27(4)18(10-11-21(27)24(22)25(19)30)15-23(29)33-26(31)32-16-17(2)3/h17-22,24H,6-16H2,1-5H3/t18?,19-,20?,21?,22+,24?,27?,28?/m1/s1. The molecule has 6 unspecified atom stereocenters. The van der Waals surface area contributed by atoms with Crippen LogP contribution in [0.1, 0.15) is 98.8 Å². The molecule has 4 fully saturated rings. The predicted molar refractivity (Wildman–Crippen MR) is 126 cm³/mol. The zero-order valence-electron chi connectivity index (χ0n) is 21.4. The molecule has 0 spiro atoms. The van der Waals surface area contributed by atoms with Crippen LogP contribution in [-0.2, 0) is 19.1 Å². The molecule has 0 N–H and O–H groups in total. The Hall–Kier alpha value is -1.39. The summed E-state index contributed by atoms with van der Waals surface area (Å²) in [6.45, 7) is 11.1. The van der Waals surface area contributed by atoms with Crippen molar-refractivity contribution < 1.29 is 23.9 Å². The van der Waals surface area contributed by atoms with E-state index in [4.69, 9.17) is 9.47 Å². The molecule has 4 rings (SSSR count). The van der Waals surface area contributed by atoms with Gasteiger partial charge in [0.15, 0.2) is 0 Å². The minimum Gasteiger partial charge on any atom is -0.434 e. The smallest absolute Gasteiger partial charge is 0.434 e. The van der Waals surface area contributed by atoms with E-state index in [1.807, 2.05) is 13.8 Å². The van der Waals surface area contributed by atoms with E-state index in [0.717, 1.165) is 32.1 Å². The van der Waals surface area contributed by atoms with Gasteiger partial charge in [0.1, 0.15) is 5.78 Å². The molecule has 0 saturated heterocycles. The van der Waals surface area contributed by atoms with Crippen molar-refractivity contribution in [1.29, 1.82) is 0 Å². The van der Waals surface area contributed by atoms with E-state index in [2.05, 4.69) is 20.8 Å². The summed E-state index contributed by atoms with van der Waals surface area (Å²) >= 11 is 0. The van der Waals surface area contributed by atoms with Gasteiger partial charge in [-0.05, 0) is 85.4 Å². The zero-order valence-corrected chi connectivity index (χ0v) is 21.4. The van der Waals surface area contributed by atoms with E-state index >= 15 is 0 Å². The number of hydrogen-bond donors (Lipinski definition) is 0. The average Bonchev–Trinajstić information content (AvgIpc) is 3.08. The topological polar surface area (TPSA) is 69.7 Å². The highest BCUT2D eigenvalue weighted by Crippen LogP contribution is 2.68. The van der Waals surface area contributed by atoms with E-state index < -0.39 is 12.1 Å². The molecule has 186 valence electrons. The van der Waals surface area contributed by atoms with Gasteiger partial charge < -0.3 is 9.47 Å². The van der Waals surface area contributed by atoms with Gasteiger partial charge in [-0.25, -0.2) is 4.79 Å². The molecule has 33 heavy (non-hydrogen) atoms. The fourth-order valence-electron chi connectivity index (χ4n) is 8.76. The second kappa shape index (κ2) is 9.34. The minimum absolute atomic E-state index is 0.0339. The Morgan fingerprint density at radius 2 is 1.70 bits per heavy atom. The highest BCUT2D eigenvalue weighted by atomic mass is 16.7. The molecule has 4 saturated carbocycles. The summed E-state index contributed by atoms with van der Waals surface area (Å²) in [4.78, 5) is 38.3. The van der Waals surface area contributed by atoms with Crippen LogP contribution < -0.4 is 0 Å². The minimum atomic E-state index is -0.887. The SMILES string of the molecule is CC[C@H]1C(=O)C2C3CCC(CC(=O)OC(=O)OCC(C)C)C3(C)CC[C@@H]2C2(C)CCCCC12. The van der Waals surface area contributed by atoms with E-state index in [9.17, 15) is 14.4 Å². The van der Waals surface area contributed by atoms with E-state index in [-0.39, 0.29) is 47.5 Å². The largest absolute Gasteiger partial charge is 0.516 e. The van der Waals surface area contributed by atoms with Crippen molar-refractivity contribution in [2.75, 3.05) is 6.61 Å². The third-order valence-electron chi connectivity index (χ3n) is 10.4. The van der Waals surface area contributed by atoms with Crippen molar-refractivity contribution in [1.82, 2.24) is 0 Å². The summed E-state index contributed by atoms with van der Waals surface area (Å²) in [5, 5.41) is 0. The monoisotopic (exact) mass is 460 g/mol. The number of fused-ring (bicyclic) bond motifs is 5. The summed E-state index contributed by atoms with van der Waals surface area (Å²) in [7, 11) is 0. The lowest BCUT2D eigenvalue weighted by molar-refractivity contribution is -0.167. The van der Waals surface area contributed by atoms with Gasteiger partial charge in [-0.2, -0.15) is 0 Å². The molecule has 0 aromatic carbocycles. The van der Waals surface area contributed by atoms with Gasteiger partial charge in [0.25, 0.3) is 0 Å². The van der Waals surface area contributed by atoms with Crippen molar-refractivity contribution in [2.24, 2.45) is 52.3 Å². The Kier molecular flexibility index (Phi) is 7.00. The van der Waals surface area contributed by atoms with Crippen molar-refractivity contribution in [3.63, 3.8) is 0 Å².